The molecule has 1 rings (SSSR count). The lowest BCUT2D eigenvalue weighted by Gasteiger charge is -2.17. The number of phenolic OH excluding ortho intramolecular Hbond substituents is 2. The minimum absolute atomic E-state index is 0.122. The van der Waals surface area contributed by atoms with Crippen molar-refractivity contribution in [2.75, 3.05) is 0 Å². The van der Waals surface area contributed by atoms with Gasteiger partial charge in [0.25, 0.3) is 0 Å². The second-order valence-electron chi connectivity index (χ2n) is 4.33. The van der Waals surface area contributed by atoms with E-state index >= 15 is 0 Å². The van der Waals surface area contributed by atoms with Gasteiger partial charge in [0.15, 0.2) is 11.5 Å². The summed E-state index contributed by atoms with van der Waals surface area (Å²) in [4.78, 5) is 0. The molecule has 3 N–H and O–H groups in total. The minimum Gasteiger partial charge on any atom is -0.504 e. The van der Waals surface area contributed by atoms with Crippen LogP contribution in [0.1, 0.15) is 26.3 Å². The average molecular weight is 208 g/mol. The maximum Gasteiger partial charge on any atom is 0.166 e. The van der Waals surface area contributed by atoms with E-state index in [1.807, 2.05) is 20.8 Å². The molecule has 0 fully saturated rings. The number of phenols is 2. The third-order valence-electron chi connectivity index (χ3n) is 1.65. The molecule has 0 saturated carbocycles. The molecular formula is C11H16N2O2. The molecule has 15 heavy (non-hydrogen) atoms. The summed E-state index contributed by atoms with van der Waals surface area (Å²) in [5, 5.41) is 22.7. The highest BCUT2D eigenvalue weighted by atomic mass is 16.3. The maximum absolute atomic E-state index is 9.46. The highest BCUT2D eigenvalue weighted by Gasteiger charge is 2.07. The van der Waals surface area contributed by atoms with Crippen LogP contribution >= 0.6 is 0 Å². The van der Waals surface area contributed by atoms with Gasteiger partial charge in [0.1, 0.15) is 0 Å². The summed E-state index contributed by atoms with van der Waals surface area (Å²) in [6.07, 6.45) is 1.47. The van der Waals surface area contributed by atoms with Gasteiger partial charge in [-0.2, -0.15) is 5.10 Å². The van der Waals surface area contributed by atoms with Gasteiger partial charge in [-0.1, -0.05) is 6.07 Å². The molecule has 0 spiro atoms. The van der Waals surface area contributed by atoms with Gasteiger partial charge in [-0.25, -0.2) is 0 Å². The number of benzene rings is 1. The lowest BCUT2D eigenvalue weighted by molar-refractivity contribution is 0.403. The number of para-hydroxylation sites is 1. The quantitative estimate of drug-likeness (QED) is 0.394. The van der Waals surface area contributed by atoms with Crippen molar-refractivity contribution in [3.8, 4) is 11.5 Å². The molecule has 0 saturated heterocycles. The van der Waals surface area contributed by atoms with Crippen LogP contribution in [0.2, 0.25) is 0 Å². The minimum atomic E-state index is -0.156. The van der Waals surface area contributed by atoms with E-state index in [0.29, 0.717) is 5.56 Å². The molecule has 0 heterocycles. The zero-order valence-corrected chi connectivity index (χ0v) is 9.15. The van der Waals surface area contributed by atoms with E-state index in [0.717, 1.165) is 0 Å². The number of nitrogens with zero attached hydrogens (tertiary/aromatic N) is 1. The molecule has 0 aromatic heterocycles. The van der Waals surface area contributed by atoms with Gasteiger partial charge in [0.05, 0.1) is 6.21 Å². The van der Waals surface area contributed by atoms with Gasteiger partial charge in [-0.05, 0) is 32.9 Å². The molecule has 4 heteroatoms. The van der Waals surface area contributed by atoms with Crippen LogP contribution in [0, 0.1) is 0 Å². The first kappa shape index (κ1) is 11.4. The number of aromatic hydroxyl groups is 2. The lowest BCUT2D eigenvalue weighted by atomic mass is 10.1. The zero-order valence-electron chi connectivity index (χ0n) is 9.15. The summed E-state index contributed by atoms with van der Waals surface area (Å²) >= 11 is 0. The predicted molar refractivity (Wildman–Crippen MR) is 60.3 cm³/mol. The molecule has 0 aliphatic rings. The third kappa shape index (κ3) is 3.50. The first-order chi connectivity index (χ1) is 6.90. The predicted octanol–water partition coefficient (Wildman–Crippen LogP) is 1.82. The van der Waals surface area contributed by atoms with Gasteiger partial charge in [-0.15, -0.1) is 0 Å². The van der Waals surface area contributed by atoms with Crippen molar-refractivity contribution in [3.63, 3.8) is 0 Å². The van der Waals surface area contributed by atoms with E-state index in [2.05, 4.69) is 10.5 Å². The van der Waals surface area contributed by atoms with Gasteiger partial charge >= 0.3 is 0 Å². The van der Waals surface area contributed by atoms with Crippen molar-refractivity contribution < 1.29 is 10.2 Å². The Hall–Kier alpha value is -1.71. The van der Waals surface area contributed by atoms with E-state index in [4.69, 9.17) is 0 Å². The van der Waals surface area contributed by atoms with Crippen LogP contribution in [0.25, 0.3) is 0 Å². The molecule has 1 aromatic rings. The Morgan fingerprint density at radius 3 is 2.53 bits per heavy atom. The van der Waals surface area contributed by atoms with Gasteiger partial charge in [0, 0.05) is 11.1 Å². The molecule has 0 atom stereocenters. The number of hydrogen-bond acceptors (Lipinski definition) is 4. The fraction of sp³-hybridized carbons (Fsp3) is 0.364. The Morgan fingerprint density at radius 1 is 1.27 bits per heavy atom. The fourth-order valence-electron chi connectivity index (χ4n) is 0.948. The first-order valence-electron chi connectivity index (χ1n) is 4.71. The van der Waals surface area contributed by atoms with E-state index in [1.54, 1.807) is 12.1 Å². The Bertz CT molecular complexity index is 367. The Balaban J connectivity index is 2.77. The molecule has 1 aromatic carbocycles. The Labute approximate surface area is 89.3 Å². The summed E-state index contributed by atoms with van der Waals surface area (Å²) in [7, 11) is 0. The normalized spacial score (nSPS) is 11.9. The molecular weight excluding hydrogens is 192 g/mol. The summed E-state index contributed by atoms with van der Waals surface area (Å²) in [6.45, 7) is 5.94. The Kier molecular flexibility index (Phi) is 3.19. The highest BCUT2D eigenvalue weighted by molar-refractivity contribution is 5.84. The first-order valence-corrected chi connectivity index (χ1v) is 4.71. The van der Waals surface area contributed by atoms with Crippen molar-refractivity contribution in [2.45, 2.75) is 26.3 Å². The molecule has 82 valence electrons. The van der Waals surface area contributed by atoms with E-state index in [-0.39, 0.29) is 17.0 Å². The zero-order chi connectivity index (χ0) is 11.5. The summed E-state index contributed by atoms with van der Waals surface area (Å²) in [5.74, 6) is -0.299. The molecule has 0 radical (unpaired) electrons. The van der Waals surface area contributed by atoms with Gasteiger partial charge in [-0.3, -0.25) is 0 Å². The van der Waals surface area contributed by atoms with Crippen molar-refractivity contribution in [2.24, 2.45) is 5.10 Å². The van der Waals surface area contributed by atoms with Crippen molar-refractivity contribution in [1.29, 1.82) is 0 Å². The van der Waals surface area contributed by atoms with Crippen molar-refractivity contribution in [1.82, 2.24) is 5.43 Å². The molecule has 0 aliphatic carbocycles. The molecule has 0 aliphatic heterocycles. The van der Waals surface area contributed by atoms with Crippen LogP contribution in [0.15, 0.2) is 23.3 Å². The van der Waals surface area contributed by atoms with Gasteiger partial charge in [0.2, 0.25) is 0 Å². The van der Waals surface area contributed by atoms with Crippen molar-refractivity contribution in [3.05, 3.63) is 23.8 Å². The average Bonchev–Trinajstić information content (AvgIpc) is 2.10. The third-order valence-corrected chi connectivity index (χ3v) is 1.65. The van der Waals surface area contributed by atoms with Crippen LogP contribution in [-0.4, -0.2) is 22.0 Å². The second-order valence-corrected chi connectivity index (χ2v) is 4.33. The Morgan fingerprint density at radius 2 is 1.93 bits per heavy atom. The fourth-order valence-corrected chi connectivity index (χ4v) is 0.948. The number of hydrazone groups is 1. The number of hydrogen-bond donors (Lipinski definition) is 3. The monoisotopic (exact) mass is 208 g/mol. The molecule has 0 amide bonds. The lowest BCUT2D eigenvalue weighted by Crippen LogP contribution is -2.31. The number of nitrogens with one attached hydrogen (secondary N) is 1. The van der Waals surface area contributed by atoms with Gasteiger partial charge < -0.3 is 15.6 Å². The van der Waals surface area contributed by atoms with Crippen LogP contribution < -0.4 is 5.43 Å². The standard InChI is InChI=1S/C11H16N2O2/c1-11(2,3)13-12-7-8-5-4-6-9(14)10(8)15/h4-7,13-15H,1-3H3/b12-7+. The van der Waals surface area contributed by atoms with E-state index in [1.165, 1.54) is 12.3 Å². The smallest absolute Gasteiger partial charge is 0.166 e. The van der Waals surface area contributed by atoms with Crippen LogP contribution in [0.5, 0.6) is 11.5 Å². The number of rotatable bonds is 2. The SMILES string of the molecule is CC(C)(C)N/N=C/c1cccc(O)c1O. The molecule has 4 nitrogen and oxygen atoms in total. The summed E-state index contributed by atoms with van der Waals surface area (Å²) in [6, 6.07) is 4.74. The van der Waals surface area contributed by atoms with E-state index in [9.17, 15) is 10.2 Å². The highest BCUT2D eigenvalue weighted by Crippen LogP contribution is 2.26. The summed E-state index contributed by atoms with van der Waals surface area (Å²) < 4.78 is 0. The maximum atomic E-state index is 9.46. The molecule has 0 bridgehead atoms. The largest absolute Gasteiger partial charge is 0.504 e. The van der Waals surface area contributed by atoms with E-state index < -0.39 is 0 Å². The second kappa shape index (κ2) is 4.21. The topological polar surface area (TPSA) is 64.9 Å². The van der Waals surface area contributed by atoms with Crippen LogP contribution in [0.4, 0.5) is 0 Å². The summed E-state index contributed by atoms with van der Waals surface area (Å²) in [5.41, 5.74) is 3.25. The molecule has 0 unspecified atom stereocenters. The van der Waals surface area contributed by atoms with Crippen LogP contribution in [-0.2, 0) is 0 Å². The van der Waals surface area contributed by atoms with Crippen molar-refractivity contribution >= 4 is 6.21 Å². The van der Waals surface area contributed by atoms with Crippen LogP contribution in [0.3, 0.4) is 0 Å².